The number of carbonyl (C=O) groups is 1. The first kappa shape index (κ1) is 24.1. The van der Waals surface area contributed by atoms with Gasteiger partial charge in [0, 0.05) is 7.05 Å². The van der Waals surface area contributed by atoms with E-state index in [4.69, 9.17) is 4.74 Å². The van der Waals surface area contributed by atoms with Gasteiger partial charge in [0.1, 0.15) is 5.75 Å². The Balaban J connectivity index is 1.67. The summed E-state index contributed by atoms with van der Waals surface area (Å²) >= 11 is 0. The van der Waals surface area contributed by atoms with Crippen molar-refractivity contribution in [3.05, 3.63) is 59.2 Å². The van der Waals surface area contributed by atoms with E-state index in [1.165, 1.54) is 35.3 Å². The minimum atomic E-state index is -3.33. The summed E-state index contributed by atoms with van der Waals surface area (Å²) in [5.41, 5.74) is 4.52. The summed E-state index contributed by atoms with van der Waals surface area (Å²) in [7, 11) is -1.83. The number of fused-ring (bicyclic) bond motifs is 1. The molecule has 2 atom stereocenters. The van der Waals surface area contributed by atoms with Crippen molar-refractivity contribution in [2.45, 2.75) is 64.5 Å². The second-order valence-electron chi connectivity index (χ2n) is 8.44. The molecule has 3 rings (SSSR count). The average molecular weight is 459 g/mol. The van der Waals surface area contributed by atoms with Gasteiger partial charge in [0.25, 0.3) is 5.91 Å². The summed E-state index contributed by atoms with van der Waals surface area (Å²) in [6.07, 6.45) is 6.58. The molecule has 174 valence electrons. The number of amides is 1. The molecule has 1 amide bonds. The molecule has 7 heteroatoms. The van der Waals surface area contributed by atoms with Crippen molar-refractivity contribution in [2.24, 2.45) is 0 Å². The summed E-state index contributed by atoms with van der Waals surface area (Å²) in [6.45, 7) is 3.99. The number of sulfonamides is 1. The molecule has 0 heterocycles. The first-order chi connectivity index (χ1) is 15.2. The fourth-order valence-electron chi connectivity index (χ4n) is 4.07. The van der Waals surface area contributed by atoms with Gasteiger partial charge in [0.05, 0.1) is 18.0 Å². The van der Waals surface area contributed by atoms with Crippen LogP contribution in [0.1, 0.15) is 62.3 Å². The molecule has 2 aromatic carbocycles. The lowest BCUT2D eigenvalue weighted by atomic mass is 9.88. The van der Waals surface area contributed by atoms with Crippen LogP contribution in [0.5, 0.6) is 5.75 Å². The van der Waals surface area contributed by atoms with E-state index < -0.39 is 16.1 Å². The van der Waals surface area contributed by atoms with Crippen molar-refractivity contribution >= 4 is 21.6 Å². The Morgan fingerprint density at radius 2 is 1.69 bits per heavy atom. The zero-order chi connectivity index (χ0) is 23.3. The SMILES string of the molecule is CC[C@H](NC(=O)[C@@H](CC)Oc1ccc(N(C)S(C)(=O)=O)cc1)c1ccc2c(c1)CCCC2. The molecule has 0 bridgehead atoms. The number of ether oxygens (including phenoxy) is 1. The van der Waals surface area contributed by atoms with E-state index in [0.717, 1.165) is 31.1 Å². The van der Waals surface area contributed by atoms with Gasteiger partial charge in [-0.15, -0.1) is 0 Å². The molecule has 6 nitrogen and oxygen atoms in total. The Labute approximate surface area is 192 Å². The minimum Gasteiger partial charge on any atom is -0.481 e. The Morgan fingerprint density at radius 1 is 1.03 bits per heavy atom. The number of aryl methyl sites for hydroxylation is 2. The third-order valence-electron chi connectivity index (χ3n) is 6.14. The highest BCUT2D eigenvalue weighted by molar-refractivity contribution is 7.92. The van der Waals surface area contributed by atoms with Crippen LogP contribution in [-0.2, 0) is 27.7 Å². The van der Waals surface area contributed by atoms with E-state index in [2.05, 4.69) is 30.4 Å². The van der Waals surface area contributed by atoms with E-state index in [9.17, 15) is 13.2 Å². The van der Waals surface area contributed by atoms with Crippen LogP contribution in [0.25, 0.3) is 0 Å². The van der Waals surface area contributed by atoms with Crippen molar-refractivity contribution in [3.8, 4) is 5.75 Å². The van der Waals surface area contributed by atoms with Crippen molar-refractivity contribution in [1.29, 1.82) is 0 Å². The molecule has 0 saturated carbocycles. The molecule has 32 heavy (non-hydrogen) atoms. The molecule has 0 aliphatic heterocycles. The lowest BCUT2D eigenvalue weighted by Crippen LogP contribution is -2.40. The van der Waals surface area contributed by atoms with Crippen LogP contribution in [-0.4, -0.2) is 33.7 Å². The zero-order valence-electron chi connectivity index (χ0n) is 19.4. The van der Waals surface area contributed by atoms with Crippen molar-refractivity contribution in [1.82, 2.24) is 5.32 Å². The van der Waals surface area contributed by atoms with Gasteiger partial charge >= 0.3 is 0 Å². The molecule has 0 aromatic heterocycles. The first-order valence-electron chi connectivity index (χ1n) is 11.4. The molecule has 1 aliphatic rings. The Bertz CT molecular complexity index is 1030. The fraction of sp³-hybridized carbons (Fsp3) is 0.480. The summed E-state index contributed by atoms with van der Waals surface area (Å²) in [4.78, 5) is 13.0. The minimum absolute atomic E-state index is 0.0573. The molecule has 1 aliphatic carbocycles. The highest BCUT2D eigenvalue weighted by Gasteiger charge is 2.23. The van der Waals surface area contributed by atoms with E-state index in [1.54, 1.807) is 24.3 Å². The van der Waals surface area contributed by atoms with Crippen LogP contribution < -0.4 is 14.4 Å². The maximum atomic E-state index is 13.0. The van der Waals surface area contributed by atoms with Crippen LogP contribution in [0.4, 0.5) is 5.69 Å². The highest BCUT2D eigenvalue weighted by Crippen LogP contribution is 2.27. The second-order valence-corrected chi connectivity index (χ2v) is 10.5. The predicted molar refractivity (Wildman–Crippen MR) is 129 cm³/mol. The predicted octanol–water partition coefficient (Wildman–Crippen LogP) is 4.39. The third-order valence-corrected chi connectivity index (χ3v) is 7.34. The van der Waals surface area contributed by atoms with Gasteiger partial charge in [-0.05, 0) is 79.5 Å². The summed E-state index contributed by atoms with van der Waals surface area (Å²) < 4.78 is 30.5. The maximum Gasteiger partial charge on any atom is 0.261 e. The number of hydrogen-bond acceptors (Lipinski definition) is 4. The van der Waals surface area contributed by atoms with Gasteiger partial charge in [-0.2, -0.15) is 0 Å². The number of hydrogen-bond donors (Lipinski definition) is 1. The standard InChI is InChI=1S/C25H34N2O4S/c1-5-23(20-12-11-18-9-7-8-10-19(18)17-20)26-25(28)24(6-2)31-22-15-13-21(14-16-22)27(3)32(4,29)30/h11-17,23-24H,5-10H2,1-4H3,(H,26,28)/t23-,24+/m0/s1. The first-order valence-corrected chi connectivity index (χ1v) is 13.2. The monoisotopic (exact) mass is 458 g/mol. The molecular formula is C25H34N2O4S. The second kappa shape index (κ2) is 10.4. The Hall–Kier alpha value is -2.54. The Morgan fingerprint density at radius 3 is 2.28 bits per heavy atom. The molecule has 1 N–H and O–H groups in total. The third kappa shape index (κ3) is 5.82. The number of nitrogens with zero attached hydrogens (tertiary/aromatic N) is 1. The van der Waals surface area contributed by atoms with Gasteiger partial charge in [-0.1, -0.05) is 32.0 Å². The van der Waals surface area contributed by atoms with Crippen LogP contribution in [0, 0.1) is 0 Å². The molecule has 0 spiro atoms. The number of benzene rings is 2. The normalized spacial score (nSPS) is 15.4. The van der Waals surface area contributed by atoms with Crippen LogP contribution in [0.3, 0.4) is 0 Å². The molecule has 2 aromatic rings. The highest BCUT2D eigenvalue weighted by atomic mass is 32.2. The molecule has 0 fully saturated rings. The van der Waals surface area contributed by atoms with Crippen molar-refractivity contribution < 1.29 is 17.9 Å². The van der Waals surface area contributed by atoms with Gasteiger partial charge in [-0.25, -0.2) is 8.42 Å². The summed E-state index contributed by atoms with van der Waals surface area (Å²) in [6, 6.07) is 13.3. The van der Waals surface area contributed by atoms with Crippen LogP contribution >= 0.6 is 0 Å². The molecule has 0 saturated heterocycles. The number of anilines is 1. The van der Waals surface area contributed by atoms with Crippen LogP contribution in [0.15, 0.2) is 42.5 Å². The largest absolute Gasteiger partial charge is 0.481 e. The summed E-state index contributed by atoms with van der Waals surface area (Å²) in [5, 5.41) is 3.16. The summed E-state index contributed by atoms with van der Waals surface area (Å²) in [5.74, 6) is 0.383. The van der Waals surface area contributed by atoms with Crippen molar-refractivity contribution in [3.63, 3.8) is 0 Å². The van der Waals surface area contributed by atoms with Crippen molar-refractivity contribution in [2.75, 3.05) is 17.6 Å². The Kier molecular flexibility index (Phi) is 7.82. The lowest BCUT2D eigenvalue weighted by Gasteiger charge is -2.24. The van der Waals surface area contributed by atoms with E-state index >= 15 is 0 Å². The molecule has 0 radical (unpaired) electrons. The van der Waals surface area contributed by atoms with E-state index in [1.807, 2.05) is 6.92 Å². The quantitative estimate of drug-likeness (QED) is 0.605. The average Bonchev–Trinajstić information content (AvgIpc) is 2.79. The maximum absolute atomic E-state index is 13.0. The van der Waals surface area contributed by atoms with E-state index in [-0.39, 0.29) is 11.9 Å². The smallest absolute Gasteiger partial charge is 0.261 e. The fourth-order valence-corrected chi connectivity index (χ4v) is 4.57. The number of nitrogens with one attached hydrogen (secondary N) is 1. The van der Waals surface area contributed by atoms with Gasteiger partial charge < -0.3 is 10.1 Å². The van der Waals surface area contributed by atoms with Gasteiger partial charge in [-0.3, -0.25) is 9.10 Å². The van der Waals surface area contributed by atoms with E-state index in [0.29, 0.717) is 17.9 Å². The number of carbonyl (C=O) groups excluding carboxylic acids is 1. The number of rotatable bonds is 9. The lowest BCUT2D eigenvalue weighted by molar-refractivity contribution is -0.128. The molecular weight excluding hydrogens is 424 g/mol. The van der Waals surface area contributed by atoms with Gasteiger partial charge in [0.2, 0.25) is 10.0 Å². The van der Waals surface area contributed by atoms with Crippen LogP contribution in [0.2, 0.25) is 0 Å². The topological polar surface area (TPSA) is 75.7 Å². The van der Waals surface area contributed by atoms with Gasteiger partial charge in [0.15, 0.2) is 6.10 Å². The molecule has 0 unspecified atom stereocenters. The zero-order valence-corrected chi connectivity index (χ0v) is 20.2.